The minimum absolute atomic E-state index is 0.0613. The minimum atomic E-state index is -0.484. The zero-order valence-corrected chi connectivity index (χ0v) is 10.4. The van der Waals surface area contributed by atoms with Gasteiger partial charge in [-0.15, -0.1) is 0 Å². The van der Waals surface area contributed by atoms with Gasteiger partial charge in [0.2, 0.25) is 0 Å². The fraction of sp³-hybridized carbons (Fsp3) is 0. The van der Waals surface area contributed by atoms with E-state index in [1.54, 1.807) is 24.3 Å². The summed E-state index contributed by atoms with van der Waals surface area (Å²) < 4.78 is 0. The number of hydrogen-bond acceptors (Lipinski definition) is 4. The minimum Gasteiger partial charge on any atom is -0.350 e. The Morgan fingerprint density at radius 3 is 2.47 bits per heavy atom. The molecule has 1 N–H and O–H groups in total. The van der Waals surface area contributed by atoms with Crippen LogP contribution in [0.15, 0.2) is 42.5 Å². The molecular formula is C13H8ClN3O2. The predicted molar refractivity (Wildman–Crippen MR) is 72.5 cm³/mol. The van der Waals surface area contributed by atoms with Crippen LogP contribution in [-0.2, 0) is 0 Å². The van der Waals surface area contributed by atoms with Crippen molar-refractivity contribution in [1.82, 2.24) is 0 Å². The van der Waals surface area contributed by atoms with Crippen LogP contribution < -0.4 is 5.32 Å². The van der Waals surface area contributed by atoms with Crippen LogP contribution in [-0.4, -0.2) is 4.92 Å². The zero-order valence-electron chi connectivity index (χ0n) is 9.63. The van der Waals surface area contributed by atoms with Crippen LogP contribution in [0.1, 0.15) is 5.56 Å². The number of nitriles is 1. The summed E-state index contributed by atoms with van der Waals surface area (Å²) in [6.45, 7) is 0. The Bertz CT molecular complexity index is 663. The number of hydrogen-bond donors (Lipinski definition) is 1. The SMILES string of the molecule is N#Cc1ccc(Nc2cc(Cl)ccc2[N+](=O)[O-])cc1. The molecule has 0 bridgehead atoms. The van der Waals surface area contributed by atoms with E-state index in [0.29, 0.717) is 22.0 Å². The van der Waals surface area contributed by atoms with E-state index in [1.807, 2.05) is 6.07 Å². The number of anilines is 2. The molecule has 0 saturated carbocycles. The van der Waals surface area contributed by atoms with Gasteiger partial charge in [-0.1, -0.05) is 11.6 Å². The molecule has 5 nitrogen and oxygen atoms in total. The van der Waals surface area contributed by atoms with E-state index in [1.165, 1.54) is 18.2 Å². The quantitative estimate of drug-likeness (QED) is 0.680. The van der Waals surface area contributed by atoms with Crippen LogP contribution in [0.25, 0.3) is 0 Å². The van der Waals surface area contributed by atoms with Crippen molar-refractivity contribution in [1.29, 1.82) is 5.26 Å². The number of halogens is 1. The van der Waals surface area contributed by atoms with Gasteiger partial charge in [-0.25, -0.2) is 0 Å². The summed E-state index contributed by atoms with van der Waals surface area (Å²) in [5.74, 6) is 0. The number of benzene rings is 2. The first-order valence-electron chi connectivity index (χ1n) is 5.31. The van der Waals surface area contributed by atoms with Crippen LogP contribution >= 0.6 is 11.6 Å². The summed E-state index contributed by atoms with van der Waals surface area (Å²) in [5, 5.41) is 22.9. The van der Waals surface area contributed by atoms with Gasteiger partial charge in [0, 0.05) is 16.8 Å². The van der Waals surface area contributed by atoms with Gasteiger partial charge in [0.25, 0.3) is 5.69 Å². The number of nitro benzene ring substituents is 1. The van der Waals surface area contributed by atoms with Gasteiger partial charge in [0.1, 0.15) is 5.69 Å². The number of rotatable bonds is 3. The maximum atomic E-state index is 10.9. The van der Waals surface area contributed by atoms with E-state index >= 15 is 0 Å². The topological polar surface area (TPSA) is 79.0 Å². The van der Waals surface area contributed by atoms with Gasteiger partial charge in [0.15, 0.2) is 0 Å². The third-order valence-electron chi connectivity index (χ3n) is 2.45. The Kier molecular flexibility index (Phi) is 3.64. The summed E-state index contributed by atoms with van der Waals surface area (Å²) in [5.41, 5.74) is 1.41. The average molecular weight is 274 g/mol. The highest BCUT2D eigenvalue weighted by Crippen LogP contribution is 2.30. The van der Waals surface area contributed by atoms with E-state index in [4.69, 9.17) is 16.9 Å². The zero-order chi connectivity index (χ0) is 13.8. The van der Waals surface area contributed by atoms with Crippen molar-refractivity contribution in [2.75, 3.05) is 5.32 Å². The lowest BCUT2D eigenvalue weighted by atomic mass is 10.2. The first kappa shape index (κ1) is 12.9. The average Bonchev–Trinajstić information content (AvgIpc) is 2.39. The largest absolute Gasteiger partial charge is 0.350 e. The van der Waals surface area contributed by atoms with Crippen molar-refractivity contribution in [3.8, 4) is 6.07 Å². The summed E-state index contributed by atoms with van der Waals surface area (Å²) in [7, 11) is 0. The van der Waals surface area contributed by atoms with Gasteiger partial charge < -0.3 is 5.32 Å². The van der Waals surface area contributed by atoms with Crippen LogP contribution in [0.3, 0.4) is 0 Å². The fourth-order valence-electron chi connectivity index (χ4n) is 1.55. The van der Waals surface area contributed by atoms with E-state index in [-0.39, 0.29) is 5.69 Å². The van der Waals surface area contributed by atoms with Gasteiger partial charge in [-0.05, 0) is 36.4 Å². The Hall–Kier alpha value is -2.58. The second-order valence-corrected chi connectivity index (χ2v) is 4.17. The van der Waals surface area contributed by atoms with Crippen molar-refractivity contribution in [2.24, 2.45) is 0 Å². The van der Waals surface area contributed by atoms with Crippen LogP contribution in [0.5, 0.6) is 0 Å². The molecule has 2 aromatic rings. The normalized spacial score (nSPS) is 9.68. The molecule has 0 radical (unpaired) electrons. The van der Waals surface area contributed by atoms with E-state index < -0.39 is 4.92 Å². The maximum absolute atomic E-state index is 10.9. The molecular weight excluding hydrogens is 266 g/mol. The summed E-state index contributed by atoms with van der Waals surface area (Å²) >= 11 is 5.83. The third-order valence-corrected chi connectivity index (χ3v) is 2.68. The highest BCUT2D eigenvalue weighted by atomic mass is 35.5. The van der Waals surface area contributed by atoms with E-state index in [2.05, 4.69) is 5.32 Å². The molecule has 0 aliphatic carbocycles. The molecule has 0 heterocycles. The first-order chi connectivity index (χ1) is 9.10. The predicted octanol–water partition coefficient (Wildman–Crippen LogP) is 3.86. The lowest BCUT2D eigenvalue weighted by Gasteiger charge is -2.07. The first-order valence-corrected chi connectivity index (χ1v) is 5.69. The second kappa shape index (κ2) is 5.38. The molecule has 19 heavy (non-hydrogen) atoms. The standard InChI is InChI=1S/C13H8ClN3O2/c14-10-3-6-13(17(18)19)12(7-10)16-11-4-1-9(8-15)2-5-11/h1-7,16H. The molecule has 94 valence electrons. The molecule has 0 aliphatic rings. The van der Waals surface area contributed by atoms with Crippen molar-refractivity contribution in [3.63, 3.8) is 0 Å². The number of nitro groups is 1. The third kappa shape index (κ3) is 3.00. The summed E-state index contributed by atoms with van der Waals surface area (Å²) in [6, 6.07) is 12.9. The smallest absolute Gasteiger partial charge is 0.292 e. The highest BCUT2D eigenvalue weighted by molar-refractivity contribution is 6.31. The molecule has 6 heteroatoms. The van der Waals surface area contributed by atoms with Crippen LogP contribution in [0, 0.1) is 21.4 Å². The van der Waals surface area contributed by atoms with E-state index in [9.17, 15) is 10.1 Å². The van der Waals surface area contributed by atoms with Gasteiger partial charge in [-0.3, -0.25) is 10.1 Å². The molecule has 0 aromatic heterocycles. The Labute approximate surface area is 114 Å². The van der Waals surface area contributed by atoms with Gasteiger partial charge in [0.05, 0.1) is 16.6 Å². The Morgan fingerprint density at radius 1 is 1.21 bits per heavy atom. The maximum Gasteiger partial charge on any atom is 0.292 e. The Morgan fingerprint density at radius 2 is 1.89 bits per heavy atom. The molecule has 2 aromatic carbocycles. The number of nitrogens with zero attached hydrogens (tertiary/aromatic N) is 2. The van der Waals surface area contributed by atoms with Gasteiger partial charge in [-0.2, -0.15) is 5.26 Å². The van der Waals surface area contributed by atoms with Crippen LogP contribution in [0.4, 0.5) is 17.1 Å². The van der Waals surface area contributed by atoms with Gasteiger partial charge >= 0.3 is 0 Å². The molecule has 0 amide bonds. The van der Waals surface area contributed by atoms with E-state index in [0.717, 1.165) is 0 Å². The van der Waals surface area contributed by atoms with Crippen molar-refractivity contribution >= 4 is 28.7 Å². The molecule has 0 fully saturated rings. The Balaban J connectivity index is 2.34. The highest BCUT2D eigenvalue weighted by Gasteiger charge is 2.13. The summed E-state index contributed by atoms with van der Waals surface area (Å²) in [6.07, 6.45) is 0. The van der Waals surface area contributed by atoms with Crippen molar-refractivity contribution in [3.05, 3.63) is 63.2 Å². The number of nitrogens with one attached hydrogen (secondary N) is 1. The second-order valence-electron chi connectivity index (χ2n) is 3.73. The monoisotopic (exact) mass is 273 g/mol. The molecule has 2 rings (SSSR count). The molecule has 0 atom stereocenters. The molecule has 0 saturated heterocycles. The fourth-order valence-corrected chi connectivity index (χ4v) is 1.72. The lowest BCUT2D eigenvalue weighted by molar-refractivity contribution is -0.383. The van der Waals surface area contributed by atoms with Crippen molar-refractivity contribution < 1.29 is 4.92 Å². The lowest BCUT2D eigenvalue weighted by Crippen LogP contribution is -1.97. The molecule has 0 spiro atoms. The van der Waals surface area contributed by atoms with Crippen LogP contribution in [0.2, 0.25) is 5.02 Å². The molecule has 0 unspecified atom stereocenters. The van der Waals surface area contributed by atoms with Crippen molar-refractivity contribution in [2.45, 2.75) is 0 Å². The molecule has 0 aliphatic heterocycles. The summed E-state index contributed by atoms with van der Waals surface area (Å²) in [4.78, 5) is 10.4.